The van der Waals surface area contributed by atoms with Gasteiger partial charge in [-0.3, -0.25) is 4.79 Å². The van der Waals surface area contributed by atoms with Gasteiger partial charge in [0.15, 0.2) is 6.54 Å². The minimum Gasteiger partial charge on any atom is -0.324 e. The third-order valence-corrected chi connectivity index (χ3v) is 5.89. The maximum absolute atomic E-state index is 12.6. The van der Waals surface area contributed by atoms with Crippen molar-refractivity contribution in [1.82, 2.24) is 0 Å². The van der Waals surface area contributed by atoms with E-state index in [1.165, 1.54) is 43.4 Å². The molecule has 0 radical (unpaired) electrons. The van der Waals surface area contributed by atoms with Gasteiger partial charge in [0.25, 0.3) is 5.91 Å². The molecule has 0 aromatic heterocycles. The van der Waals surface area contributed by atoms with Crippen LogP contribution >= 0.6 is 11.6 Å². The zero-order valence-electron chi connectivity index (χ0n) is 14.3. The Morgan fingerprint density at radius 3 is 2.74 bits per heavy atom. The molecule has 1 aromatic rings. The highest BCUT2D eigenvalue weighted by Crippen LogP contribution is 2.29. The lowest BCUT2D eigenvalue weighted by Gasteiger charge is -2.40. The molecule has 1 saturated heterocycles. The molecule has 126 valence electrons. The van der Waals surface area contributed by atoms with Crippen LogP contribution in [0.15, 0.2) is 12.1 Å². The highest BCUT2D eigenvalue weighted by Gasteiger charge is 2.37. The molecule has 0 bridgehead atoms. The number of nitrogens with one attached hydrogen (secondary N) is 2. The number of likely N-dealkylation sites (tertiary alicyclic amines) is 1. The molecular formula is C19H28ClN2O+. The number of rotatable bonds is 3. The minimum atomic E-state index is 0.0973. The molecular weight excluding hydrogens is 308 g/mol. The van der Waals surface area contributed by atoms with Crippen molar-refractivity contribution < 1.29 is 9.69 Å². The molecule has 1 heterocycles. The second-order valence-corrected chi connectivity index (χ2v) is 7.77. The molecule has 1 unspecified atom stereocenters. The lowest BCUT2D eigenvalue weighted by Crippen LogP contribution is -3.18. The fourth-order valence-electron chi connectivity index (χ4n) is 4.55. The van der Waals surface area contributed by atoms with E-state index in [4.69, 9.17) is 11.6 Å². The van der Waals surface area contributed by atoms with Crippen LogP contribution < -0.4 is 10.2 Å². The van der Waals surface area contributed by atoms with E-state index in [1.54, 1.807) is 0 Å². The van der Waals surface area contributed by atoms with E-state index >= 15 is 0 Å². The first-order valence-electron chi connectivity index (χ1n) is 8.96. The summed E-state index contributed by atoms with van der Waals surface area (Å²) >= 11 is 6.31. The Bertz CT molecular complexity index is 562. The van der Waals surface area contributed by atoms with Crippen LogP contribution in [0.5, 0.6) is 0 Å². The maximum Gasteiger partial charge on any atom is 0.279 e. The minimum absolute atomic E-state index is 0.0973. The normalized spacial score (nSPS) is 27.3. The SMILES string of the molecule is Cc1cc(C)c(NC(=O)C[NH+]2CCC[C@@H]3CCCC[C@@H]32)c(Cl)c1. The predicted molar refractivity (Wildman–Crippen MR) is 95.2 cm³/mol. The van der Waals surface area contributed by atoms with Gasteiger partial charge in [-0.05, 0) is 63.1 Å². The number of fused-ring (bicyclic) bond motifs is 1. The Morgan fingerprint density at radius 2 is 1.96 bits per heavy atom. The number of piperidine rings is 1. The highest BCUT2D eigenvalue weighted by atomic mass is 35.5. The maximum atomic E-state index is 12.6. The summed E-state index contributed by atoms with van der Waals surface area (Å²) in [6, 6.07) is 4.67. The summed E-state index contributed by atoms with van der Waals surface area (Å²) in [5.41, 5.74) is 2.93. The van der Waals surface area contributed by atoms with Crippen molar-refractivity contribution in [2.24, 2.45) is 5.92 Å². The number of hydrogen-bond acceptors (Lipinski definition) is 1. The second kappa shape index (κ2) is 7.23. The van der Waals surface area contributed by atoms with Crippen molar-refractivity contribution in [3.8, 4) is 0 Å². The van der Waals surface area contributed by atoms with Crippen LogP contribution in [0.3, 0.4) is 0 Å². The number of benzene rings is 1. The standard InChI is InChI=1S/C19H27ClN2O/c1-13-10-14(2)19(16(20)11-13)21-18(23)12-22-9-5-7-15-6-3-4-8-17(15)22/h10-11,15,17H,3-9,12H2,1-2H3,(H,21,23)/p+1/t15-,17-/m0/s1. The fourth-order valence-corrected chi connectivity index (χ4v) is 4.92. The molecule has 1 aliphatic heterocycles. The van der Waals surface area contributed by atoms with Crippen LogP contribution in [0.25, 0.3) is 0 Å². The van der Waals surface area contributed by atoms with E-state index in [0.29, 0.717) is 17.6 Å². The first-order chi connectivity index (χ1) is 11.0. The Morgan fingerprint density at radius 1 is 1.22 bits per heavy atom. The number of carbonyl (C=O) groups excluding carboxylic acids is 1. The third kappa shape index (κ3) is 3.89. The number of carbonyl (C=O) groups is 1. The molecule has 1 aromatic carbocycles. The Labute approximate surface area is 144 Å². The van der Waals surface area contributed by atoms with Crippen molar-refractivity contribution in [2.45, 2.75) is 58.4 Å². The number of halogens is 1. The van der Waals surface area contributed by atoms with Crippen LogP contribution in [-0.4, -0.2) is 25.0 Å². The molecule has 1 aliphatic carbocycles. The predicted octanol–water partition coefficient (Wildman–Crippen LogP) is 3.13. The second-order valence-electron chi connectivity index (χ2n) is 7.37. The van der Waals surface area contributed by atoms with Gasteiger partial charge in [0, 0.05) is 5.92 Å². The number of aryl methyl sites for hydroxylation is 2. The summed E-state index contributed by atoms with van der Waals surface area (Å²) < 4.78 is 0. The average Bonchev–Trinajstić information content (AvgIpc) is 2.51. The Hall–Kier alpha value is -1.06. The topological polar surface area (TPSA) is 33.5 Å². The molecule has 4 heteroatoms. The molecule has 3 atom stereocenters. The van der Waals surface area contributed by atoms with Gasteiger partial charge in [0.05, 0.1) is 23.3 Å². The molecule has 1 saturated carbocycles. The van der Waals surface area contributed by atoms with Crippen molar-refractivity contribution in [3.05, 3.63) is 28.3 Å². The lowest BCUT2D eigenvalue weighted by molar-refractivity contribution is -0.928. The van der Waals surface area contributed by atoms with Gasteiger partial charge in [-0.15, -0.1) is 0 Å². The summed E-state index contributed by atoms with van der Waals surface area (Å²) in [5, 5.41) is 3.70. The van der Waals surface area contributed by atoms with E-state index in [1.807, 2.05) is 19.9 Å². The van der Waals surface area contributed by atoms with Crippen LogP contribution in [0.2, 0.25) is 5.02 Å². The van der Waals surface area contributed by atoms with E-state index in [2.05, 4.69) is 11.4 Å². The third-order valence-electron chi connectivity index (χ3n) is 5.59. The van der Waals surface area contributed by atoms with Crippen LogP contribution in [0, 0.1) is 19.8 Å². The number of hydrogen-bond donors (Lipinski definition) is 2. The molecule has 23 heavy (non-hydrogen) atoms. The van der Waals surface area contributed by atoms with Gasteiger partial charge in [0.1, 0.15) is 0 Å². The first kappa shape index (κ1) is 16.8. The highest BCUT2D eigenvalue weighted by molar-refractivity contribution is 6.34. The largest absolute Gasteiger partial charge is 0.324 e. The lowest BCUT2D eigenvalue weighted by atomic mass is 9.78. The summed E-state index contributed by atoms with van der Waals surface area (Å²) in [4.78, 5) is 14.0. The van der Waals surface area contributed by atoms with Gasteiger partial charge in [-0.1, -0.05) is 24.1 Å². The Balaban J connectivity index is 1.65. The van der Waals surface area contributed by atoms with Gasteiger partial charge >= 0.3 is 0 Å². The number of amides is 1. The van der Waals surface area contributed by atoms with Gasteiger partial charge < -0.3 is 10.2 Å². The van der Waals surface area contributed by atoms with Gasteiger partial charge in [-0.2, -0.15) is 0 Å². The zero-order chi connectivity index (χ0) is 16.4. The molecule has 0 spiro atoms. The van der Waals surface area contributed by atoms with Gasteiger partial charge in [-0.25, -0.2) is 0 Å². The molecule has 3 nitrogen and oxygen atoms in total. The summed E-state index contributed by atoms with van der Waals surface area (Å²) in [6.07, 6.45) is 7.97. The van der Waals surface area contributed by atoms with E-state index < -0.39 is 0 Å². The first-order valence-corrected chi connectivity index (χ1v) is 9.33. The van der Waals surface area contributed by atoms with Gasteiger partial charge in [0.2, 0.25) is 0 Å². The van der Waals surface area contributed by atoms with Crippen molar-refractivity contribution >= 4 is 23.2 Å². The summed E-state index contributed by atoms with van der Waals surface area (Å²) in [5.74, 6) is 0.935. The molecule has 2 fully saturated rings. The zero-order valence-corrected chi connectivity index (χ0v) is 15.0. The van der Waals surface area contributed by atoms with Crippen LogP contribution in [-0.2, 0) is 4.79 Å². The number of anilines is 1. The van der Waals surface area contributed by atoms with Crippen molar-refractivity contribution in [1.29, 1.82) is 0 Å². The molecule has 2 N–H and O–H groups in total. The smallest absolute Gasteiger partial charge is 0.279 e. The van der Waals surface area contributed by atoms with Crippen molar-refractivity contribution in [2.75, 3.05) is 18.4 Å². The van der Waals surface area contributed by atoms with Crippen LogP contribution in [0.4, 0.5) is 5.69 Å². The average molecular weight is 336 g/mol. The number of quaternary nitrogens is 1. The van der Waals surface area contributed by atoms with Crippen LogP contribution in [0.1, 0.15) is 49.7 Å². The van der Waals surface area contributed by atoms with E-state index in [9.17, 15) is 4.79 Å². The van der Waals surface area contributed by atoms with Crippen molar-refractivity contribution in [3.63, 3.8) is 0 Å². The molecule has 2 aliphatic rings. The summed E-state index contributed by atoms with van der Waals surface area (Å²) in [6.45, 7) is 5.73. The van der Waals surface area contributed by atoms with E-state index in [0.717, 1.165) is 29.3 Å². The Kier molecular flexibility index (Phi) is 5.27. The molecule has 3 rings (SSSR count). The fraction of sp³-hybridized carbons (Fsp3) is 0.632. The quantitative estimate of drug-likeness (QED) is 0.874. The summed E-state index contributed by atoms with van der Waals surface area (Å²) in [7, 11) is 0. The molecule has 1 amide bonds. The monoisotopic (exact) mass is 335 g/mol. The van der Waals surface area contributed by atoms with E-state index in [-0.39, 0.29) is 5.91 Å².